The Morgan fingerprint density at radius 1 is 1.13 bits per heavy atom. The standard InChI is InChI=1S/C21H21BrN2O6/c1-28-16-10-13(11-17(29-2)20(16)22)21(27)30-12-18(25)23-14-6-3-4-7-15(14)24-9-5-8-19(24)26/h3-4,6-7,10-11H,5,8-9,12H2,1-2H3,(H,23,25). The lowest BCUT2D eigenvalue weighted by Gasteiger charge is -2.20. The van der Waals surface area contributed by atoms with Crippen molar-refractivity contribution in [2.45, 2.75) is 12.8 Å². The van der Waals surface area contributed by atoms with E-state index in [1.165, 1.54) is 26.4 Å². The van der Waals surface area contributed by atoms with Gasteiger partial charge in [-0.2, -0.15) is 0 Å². The van der Waals surface area contributed by atoms with E-state index in [2.05, 4.69) is 21.2 Å². The van der Waals surface area contributed by atoms with E-state index < -0.39 is 18.5 Å². The number of nitrogens with one attached hydrogen (secondary N) is 1. The van der Waals surface area contributed by atoms with Gasteiger partial charge in [0, 0.05) is 13.0 Å². The predicted octanol–water partition coefficient (Wildman–Crippen LogP) is 3.39. The second-order valence-electron chi connectivity index (χ2n) is 6.49. The van der Waals surface area contributed by atoms with Gasteiger partial charge < -0.3 is 24.4 Å². The van der Waals surface area contributed by atoms with Crippen LogP contribution in [0.5, 0.6) is 11.5 Å². The quantitative estimate of drug-likeness (QED) is 0.615. The first-order valence-corrected chi connectivity index (χ1v) is 10.0. The molecule has 1 saturated heterocycles. The van der Waals surface area contributed by atoms with Gasteiger partial charge in [-0.1, -0.05) is 12.1 Å². The molecule has 1 heterocycles. The van der Waals surface area contributed by atoms with Crippen LogP contribution in [0.25, 0.3) is 0 Å². The van der Waals surface area contributed by atoms with Crippen LogP contribution in [0.4, 0.5) is 11.4 Å². The van der Waals surface area contributed by atoms with Crippen LogP contribution < -0.4 is 19.7 Å². The van der Waals surface area contributed by atoms with Gasteiger partial charge in [0.05, 0.1) is 31.2 Å². The molecule has 0 bridgehead atoms. The van der Waals surface area contributed by atoms with Crippen LogP contribution in [0.15, 0.2) is 40.9 Å². The Balaban J connectivity index is 1.66. The first-order valence-electron chi connectivity index (χ1n) is 9.22. The van der Waals surface area contributed by atoms with Crippen molar-refractivity contribution in [3.8, 4) is 11.5 Å². The summed E-state index contributed by atoms with van der Waals surface area (Å²) in [6.45, 7) is 0.121. The van der Waals surface area contributed by atoms with Crippen molar-refractivity contribution in [1.29, 1.82) is 0 Å². The van der Waals surface area contributed by atoms with Crippen molar-refractivity contribution < 1.29 is 28.6 Å². The molecule has 1 aliphatic rings. The molecular weight excluding hydrogens is 456 g/mol. The zero-order valence-corrected chi connectivity index (χ0v) is 18.2. The first kappa shape index (κ1) is 21.6. The summed E-state index contributed by atoms with van der Waals surface area (Å²) >= 11 is 3.33. The number of amides is 2. The van der Waals surface area contributed by atoms with Crippen LogP contribution in [-0.4, -0.2) is 45.2 Å². The molecule has 0 unspecified atom stereocenters. The highest BCUT2D eigenvalue weighted by atomic mass is 79.9. The van der Waals surface area contributed by atoms with E-state index in [-0.39, 0.29) is 11.5 Å². The summed E-state index contributed by atoms with van der Waals surface area (Å²) < 4.78 is 16.1. The molecule has 0 aromatic heterocycles. The number of anilines is 2. The molecule has 0 spiro atoms. The van der Waals surface area contributed by atoms with Gasteiger partial charge in [-0.15, -0.1) is 0 Å². The highest BCUT2D eigenvalue weighted by Crippen LogP contribution is 2.35. The molecule has 3 rings (SSSR count). The topological polar surface area (TPSA) is 94.2 Å². The maximum atomic E-state index is 12.4. The zero-order chi connectivity index (χ0) is 21.7. The molecule has 2 aromatic rings. The van der Waals surface area contributed by atoms with Crippen LogP contribution in [0.1, 0.15) is 23.2 Å². The van der Waals surface area contributed by atoms with E-state index in [9.17, 15) is 14.4 Å². The molecule has 8 nitrogen and oxygen atoms in total. The summed E-state index contributed by atoms with van der Waals surface area (Å²) in [6.07, 6.45) is 1.26. The molecule has 0 saturated carbocycles. The third-order valence-corrected chi connectivity index (χ3v) is 5.34. The Hall–Kier alpha value is -3.07. The average Bonchev–Trinajstić information content (AvgIpc) is 3.18. The number of rotatable bonds is 7. The third-order valence-electron chi connectivity index (χ3n) is 4.56. The number of benzene rings is 2. The lowest BCUT2D eigenvalue weighted by molar-refractivity contribution is -0.119. The minimum absolute atomic E-state index is 0.0151. The van der Waals surface area contributed by atoms with Crippen molar-refractivity contribution >= 4 is 45.1 Å². The first-order chi connectivity index (χ1) is 14.4. The van der Waals surface area contributed by atoms with Crippen molar-refractivity contribution in [2.75, 3.05) is 37.6 Å². The van der Waals surface area contributed by atoms with E-state index in [0.717, 1.165) is 6.42 Å². The van der Waals surface area contributed by atoms with Crippen LogP contribution in [-0.2, 0) is 14.3 Å². The van der Waals surface area contributed by atoms with Gasteiger partial charge >= 0.3 is 5.97 Å². The van der Waals surface area contributed by atoms with Crippen molar-refractivity contribution in [1.82, 2.24) is 0 Å². The minimum atomic E-state index is -0.697. The molecule has 0 radical (unpaired) electrons. The Morgan fingerprint density at radius 2 is 1.80 bits per heavy atom. The fourth-order valence-electron chi connectivity index (χ4n) is 3.11. The minimum Gasteiger partial charge on any atom is -0.495 e. The molecule has 0 atom stereocenters. The summed E-state index contributed by atoms with van der Waals surface area (Å²) in [6, 6.07) is 10.00. The van der Waals surface area contributed by atoms with Gasteiger partial charge in [-0.3, -0.25) is 9.59 Å². The van der Waals surface area contributed by atoms with Crippen molar-refractivity contribution in [3.05, 3.63) is 46.4 Å². The summed E-state index contributed by atoms with van der Waals surface area (Å²) in [5.41, 5.74) is 1.30. The van der Waals surface area contributed by atoms with E-state index in [0.29, 0.717) is 40.3 Å². The Labute approximate surface area is 182 Å². The third kappa shape index (κ3) is 4.73. The molecule has 1 N–H and O–H groups in total. The van der Waals surface area contributed by atoms with Crippen LogP contribution in [0, 0.1) is 0 Å². The fourth-order valence-corrected chi connectivity index (χ4v) is 3.66. The molecule has 30 heavy (non-hydrogen) atoms. The lowest BCUT2D eigenvalue weighted by Crippen LogP contribution is -2.27. The van der Waals surface area contributed by atoms with Crippen LogP contribution >= 0.6 is 15.9 Å². The number of para-hydroxylation sites is 2. The van der Waals surface area contributed by atoms with Crippen LogP contribution in [0.2, 0.25) is 0 Å². The Kier molecular flexibility index (Phi) is 6.94. The normalized spacial score (nSPS) is 13.2. The number of hydrogen-bond donors (Lipinski definition) is 1. The smallest absolute Gasteiger partial charge is 0.338 e. The number of nitrogens with zero attached hydrogens (tertiary/aromatic N) is 1. The largest absolute Gasteiger partial charge is 0.495 e. The number of methoxy groups -OCH3 is 2. The molecule has 9 heteroatoms. The second-order valence-corrected chi connectivity index (χ2v) is 7.28. The number of carbonyl (C=O) groups excluding carboxylic acids is 3. The van der Waals surface area contributed by atoms with Gasteiger partial charge in [0.25, 0.3) is 5.91 Å². The van der Waals surface area contributed by atoms with E-state index in [1.54, 1.807) is 29.2 Å². The second kappa shape index (κ2) is 9.62. The molecule has 0 aliphatic carbocycles. The number of esters is 1. The summed E-state index contributed by atoms with van der Waals surface area (Å²) in [4.78, 5) is 38.4. The van der Waals surface area contributed by atoms with Gasteiger partial charge in [-0.25, -0.2) is 4.79 Å². The van der Waals surface area contributed by atoms with Gasteiger partial charge in [0.1, 0.15) is 16.0 Å². The molecular formula is C21H21BrN2O6. The molecule has 1 fully saturated rings. The predicted molar refractivity (Wildman–Crippen MR) is 114 cm³/mol. The van der Waals surface area contributed by atoms with Gasteiger partial charge in [0.2, 0.25) is 5.91 Å². The molecule has 2 amide bonds. The zero-order valence-electron chi connectivity index (χ0n) is 16.6. The van der Waals surface area contributed by atoms with Gasteiger partial charge in [-0.05, 0) is 46.6 Å². The van der Waals surface area contributed by atoms with Crippen molar-refractivity contribution in [3.63, 3.8) is 0 Å². The maximum Gasteiger partial charge on any atom is 0.338 e. The Morgan fingerprint density at radius 3 is 2.40 bits per heavy atom. The molecule has 158 valence electrons. The fraction of sp³-hybridized carbons (Fsp3) is 0.286. The van der Waals surface area contributed by atoms with Gasteiger partial charge in [0.15, 0.2) is 6.61 Å². The summed E-state index contributed by atoms with van der Waals surface area (Å²) in [5, 5.41) is 2.70. The van der Waals surface area contributed by atoms with Crippen molar-refractivity contribution in [2.24, 2.45) is 0 Å². The highest BCUT2D eigenvalue weighted by molar-refractivity contribution is 9.10. The van der Waals surface area contributed by atoms with E-state index >= 15 is 0 Å². The highest BCUT2D eigenvalue weighted by Gasteiger charge is 2.24. The number of ether oxygens (including phenoxy) is 3. The summed E-state index contributed by atoms with van der Waals surface area (Å²) in [7, 11) is 2.93. The maximum absolute atomic E-state index is 12.4. The number of hydrogen-bond acceptors (Lipinski definition) is 6. The molecule has 1 aliphatic heterocycles. The average molecular weight is 477 g/mol. The molecule has 2 aromatic carbocycles. The lowest BCUT2D eigenvalue weighted by atomic mass is 10.2. The number of carbonyl (C=O) groups is 3. The van der Waals surface area contributed by atoms with E-state index in [4.69, 9.17) is 14.2 Å². The SMILES string of the molecule is COc1cc(C(=O)OCC(=O)Nc2ccccc2N2CCCC2=O)cc(OC)c1Br. The van der Waals surface area contributed by atoms with E-state index in [1.807, 2.05) is 0 Å². The Bertz CT molecular complexity index is 953. The van der Waals surface area contributed by atoms with Crippen LogP contribution in [0.3, 0.4) is 0 Å². The monoisotopic (exact) mass is 476 g/mol. The summed E-state index contributed by atoms with van der Waals surface area (Å²) in [5.74, 6) is -0.401. The number of halogens is 1.